The first kappa shape index (κ1) is 30.2. The van der Waals surface area contributed by atoms with Crippen molar-refractivity contribution >= 4 is 23.7 Å². The van der Waals surface area contributed by atoms with E-state index in [0.717, 1.165) is 51.4 Å². The molecule has 0 rings (SSSR count). The van der Waals surface area contributed by atoms with Crippen LogP contribution >= 0.6 is 11.8 Å². The molecule has 0 bridgehead atoms. The molecular formula is C24H47NO5S. The van der Waals surface area contributed by atoms with E-state index in [2.05, 4.69) is 27.7 Å². The van der Waals surface area contributed by atoms with Crippen LogP contribution in [0.1, 0.15) is 98.3 Å². The Morgan fingerprint density at radius 3 is 1.65 bits per heavy atom. The van der Waals surface area contributed by atoms with Crippen molar-refractivity contribution in [1.29, 1.82) is 0 Å². The Balaban J connectivity index is 4.60. The van der Waals surface area contributed by atoms with Crippen molar-refractivity contribution in [3.05, 3.63) is 0 Å². The molecule has 6 nitrogen and oxygen atoms in total. The first-order valence-corrected chi connectivity index (χ1v) is 13.3. The molecule has 0 aliphatic rings. The van der Waals surface area contributed by atoms with Crippen LogP contribution in [0.3, 0.4) is 0 Å². The van der Waals surface area contributed by atoms with Gasteiger partial charge in [-0.15, -0.1) is 0 Å². The summed E-state index contributed by atoms with van der Waals surface area (Å²) in [7, 11) is 0. The minimum atomic E-state index is -0.889. The standard InChI is InChI=1S/C24H47NO5S/c1-5-9-11-19(7-3)17-29-23(27)15-21(31-14-13-22(25)26)16-24(28)30-18-20(8-4)12-10-6-2/h19-22,26H,5-18,25H2,1-4H3. The average molecular weight is 462 g/mol. The summed E-state index contributed by atoms with van der Waals surface area (Å²) in [5.41, 5.74) is 5.41. The van der Waals surface area contributed by atoms with Crippen LogP contribution in [0.2, 0.25) is 0 Å². The van der Waals surface area contributed by atoms with E-state index in [9.17, 15) is 14.7 Å². The van der Waals surface area contributed by atoms with Gasteiger partial charge in [-0.1, -0.05) is 66.2 Å². The Morgan fingerprint density at radius 2 is 1.29 bits per heavy atom. The molecular weight excluding hydrogens is 414 g/mol. The van der Waals surface area contributed by atoms with Gasteiger partial charge in [0.15, 0.2) is 0 Å². The van der Waals surface area contributed by atoms with Crippen molar-refractivity contribution in [2.45, 2.75) is 110 Å². The number of thioether (sulfide) groups is 1. The lowest BCUT2D eigenvalue weighted by atomic mass is 10.0. The Bertz CT molecular complexity index is 427. The summed E-state index contributed by atoms with van der Waals surface area (Å²) in [6, 6.07) is 0. The molecule has 0 heterocycles. The van der Waals surface area contributed by atoms with Crippen molar-refractivity contribution in [1.82, 2.24) is 0 Å². The fourth-order valence-corrected chi connectivity index (χ4v) is 4.47. The van der Waals surface area contributed by atoms with Crippen LogP contribution in [-0.2, 0) is 19.1 Å². The Kier molecular flexibility index (Phi) is 19.4. The average Bonchev–Trinajstić information content (AvgIpc) is 2.73. The van der Waals surface area contributed by atoms with E-state index in [1.54, 1.807) is 0 Å². The van der Waals surface area contributed by atoms with E-state index < -0.39 is 6.23 Å². The molecule has 184 valence electrons. The molecule has 0 saturated carbocycles. The van der Waals surface area contributed by atoms with Gasteiger partial charge in [0.05, 0.1) is 26.1 Å². The SMILES string of the molecule is CCCCC(CC)COC(=O)CC(CC(=O)OCC(CC)CCCC)SCCC(N)O. The predicted octanol–water partition coefficient (Wildman–Crippen LogP) is 5.05. The normalized spacial score (nSPS) is 15.2. The van der Waals surface area contributed by atoms with Gasteiger partial charge in [0.1, 0.15) is 6.23 Å². The number of nitrogens with two attached hydrogens (primary N) is 1. The summed E-state index contributed by atoms with van der Waals surface area (Å²) in [4.78, 5) is 24.8. The molecule has 0 aliphatic carbocycles. The third-order valence-corrected chi connectivity index (χ3v) is 6.88. The number of hydrogen-bond acceptors (Lipinski definition) is 7. The Morgan fingerprint density at radius 1 is 0.839 bits per heavy atom. The number of aliphatic hydroxyl groups excluding tert-OH is 1. The highest BCUT2D eigenvalue weighted by molar-refractivity contribution is 7.99. The minimum absolute atomic E-state index is 0.164. The van der Waals surface area contributed by atoms with Gasteiger partial charge in [-0.25, -0.2) is 0 Å². The minimum Gasteiger partial charge on any atom is -0.465 e. The molecule has 0 aliphatic heterocycles. The molecule has 0 radical (unpaired) electrons. The van der Waals surface area contributed by atoms with Crippen LogP contribution in [0.5, 0.6) is 0 Å². The first-order valence-electron chi connectivity index (χ1n) is 12.2. The second-order valence-corrected chi connectivity index (χ2v) is 9.86. The number of rotatable bonds is 20. The number of esters is 2. The van der Waals surface area contributed by atoms with Gasteiger partial charge in [-0.05, 0) is 36.9 Å². The van der Waals surface area contributed by atoms with Crippen LogP contribution < -0.4 is 5.73 Å². The van der Waals surface area contributed by atoms with Gasteiger partial charge >= 0.3 is 11.9 Å². The molecule has 7 heteroatoms. The van der Waals surface area contributed by atoms with Crippen LogP contribution in [0.4, 0.5) is 0 Å². The summed E-state index contributed by atoms with van der Waals surface area (Å²) >= 11 is 1.47. The Labute approximate surface area is 194 Å². The van der Waals surface area contributed by atoms with E-state index in [4.69, 9.17) is 15.2 Å². The molecule has 0 spiro atoms. The highest BCUT2D eigenvalue weighted by atomic mass is 32.2. The van der Waals surface area contributed by atoms with Gasteiger partial charge in [0.2, 0.25) is 0 Å². The van der Waals surface area contributed by atoms with Crippen LogP contribution in [0.15, 0.2) is 0 Å². The van der Waals surface area contributed by atoms with Crippen molar-refractivity contribution in [2.75, 3.05) is 19.0 Å². The zero-order chi connectivity index (χ0) is 23.5. The molecule has 0 fully saturated rings. The molecule has 0 saturated heterocycles. The third kappa shape index (κ3) is 17.4. The molecule has 0 aromatic heterocycles. The lowest BCUT2D eigenvalue weighted by Gasteiger charge is -2.19. The van der Waals surface area contributed by atoms with E-state index in [1.807, 2.05) is 0 Å². The molecule has 3 unspecified atom stereocenters. The smallest absolute Gasteiger partial charge is 0.306 e. The molecule has 0 aromatic carbocycles. The summed E-state index contributed by atoms with van der Waals surface area (Å²) in [6.45, 7) is 9.42. The summed E-state index contributed by atoms with van der Waals surface area (Å²) in [5.74, 6) is 0.805. The van der Waals surface area contributed by atoms with Gasteiger partial charge in [-0.3, -0.25) is 9.59 Å². The molecule has 3 atom stereocenters. The number of carbonyl (C=O) groups is 2. The van der Waals surface area contributed by atoms with Gasteiger partial charge in [0, 0.05) is 5.25 Å². The summed E-state index contributed by atoms with van der Waals surface area (Å²) in [6.07, 6.45) is 8.50. The molecule has 0 aromatic rings. The number of ether oxygens (including phenoxy) is 2. The van der Waals surface area contributed by atoms with Crippen molar-refractivity contribution in [3.63, 3.8) is 0 Å². The van der Waals surface area contributed by atoms with E-state index >= 15 is 0 Å². The molecule has 3 N–H and O–H groups in total. The predicted molar refractivity (Wildman–Crippen MR) is 129 cm³/mol. The maximum absolute atomic E-state index is 12.4. The van der Waals surface area contributed by atoms with E-state index in [-0.39, 0.29) is 30.0 Å². The fourth-order valence-electron chi connectivity index (χ4n) is 3.25. The second-order valence-electron chi connectivity index (χ2n) is 8.46. The zero-order valence-corrected chi connectivity index (χ0v) is 21.1. The van der Waals surface area contributed by atoms with Crippen LogP contribution in [0.25, 0.3) is 0 Å². The lowest BCUT2D eigenvalue weighted by molar-refractivity contribution is -0.146. The number of carbonyl (C=O) groups excluding carboxylic acids is 2. The molecule has 31 heavy (non-hydrogen) atoms. The van der Waals surface area contributed by atoms with Crippen molar-refractivity contribution in [2.24, 2.45) is 17.6 Å². The summed E-state index contributed by atoms with van der Waals surface area (Å²) in [5, 5.41) is 9.07. The lowest BCUT2D eigenvalue weighted by Crippen LogP contribution is -2.23. The first-order chi connectivity index (χ1) is 14.9. The van der Waals surface area contributed by atoms with E-state index in [0.29, 0.717) is 37.2 Å². The number of hydrogen-bond donors (Lipinski definition) is 2. The largest absolute Gasteiger partial charge is 0.465 e. The number of aliphatic hydroxyl groups is 1. The second kappa shape index (κ2) is 19.9. The van der Waals surface area contributed by atoms with Gasteiger partial charge in [0.25, 0.3) is 0 Å². The monoisotopic (exact) mass is 461 g/mol. The van der Waals surface area contributed by atoms with Crippen LogP contribution in [0, 0.1) is 11.8 Å². The fraction of sp³-hybridized carbons (Fsp3) is 0.917. The van der Waals surface area contributed by atoms with Crippen molar-refractivity contribution < 1.29 is 24.2 Å². The summed E-state index contributed by atoms with van der Waals surface area (Å²) < 4.78 is 11.0. The van der Waals surface area contributed by atoms with Crippen LogP contribution in [-0.4, -0.2) is 47.5 Å². The Hall–Kier alpha value is -0.790. The van der Waals surface area contributed by atoms with Gasteiger partial charge < -0.3 is 20.3 Å². The maximum Gasteiger partial charge on any atom is 0.306 e. The topological polar surface area (TPSA) is 98.9 Å². The maximum atomic E-state index is 12.4. The quantitative estimate of drug-likeness (QED) is 0.193. The molecule has 0 amide bonds. The van der Waals surface area contributed by atoms with Crippen molar-refractivity contribution in [3.8, 4) is 0 Å². The third-order valence-electron chi connectivity index (χ3n) is 5.60. The van der Waals surface area contributed by atoms with Gasteiger partial charge in [-0.2, -0.15) is 11.8 Å². The highest BCUT2D eigenvalue weighted by Gasteiger charge is 2.22. The number of unbranched alkanes of at least 4 members (excludes halogenated alkanes) is 2. The zero-order valence-electron chi connectivity index (χ0n) is 20.3. The van der Waals surface area contributed by atoms with E-state index in [1.165, 1.54) is 11.8 Å². The highest BCUT2D eigenvalue weighted by Crippen LogP contribution is 2.22.